The highest BCUT2D eigenvalue weighted by Gasteiger charge is 2.20. The van der Waals surface area contributed by atoms with Crippen molar-refractivity contribution in [3.05, 3.63) is 0 Å². The molecule has 0 aromatic carbocycles. The van der Waals surface area contributed by atoms with Gasteiger partial charge in [-0.2, -0.15) is 0 Å². The number of hydrogen-bond acceptors (Lipinski definition) is 4. The van der Waals surface area contributed by atoms with Crippen molar-refractivity contribution in [2.75, 3.05) is 26.2 Å². The Bertz CT molecular complexity index is 309. The van der Waals surface area contributed by atoms with E-state index in [1.807, 2.05) is 0 Å². The standard InChI is InChI=1S/C14H29N3O3/c1-7-17(8-2)10-9-15-12(18)11(3)16-13(19)20-14(4,5)6/h11H,7-10H2,1-6H3,(H,15,18)(H,16,19). The van der Waals surface area contributed by atoms with Crippen molar-refractivity contribution in [1.29, 1.82) is 0 Å². The second-order valence-corrected chi connectivity index (χ2v) is 5.69. The predicted molar refractivity (Wildman–Crippen MR) is 79.6 cm³/mol. The smallest absolute Gasteiger partial charge is 0.408 e. The summed E-state index contributed by atoms with van der Waals surface area (Å²) in [6.45, 7) is 14.4. The Morgan fingerprint density at radius 3 is 2.20 bits per heavy atom. The Labute approximate surface area is 122 Å². The molecular formula is C14H29N3O3. The van der Waals surface area contributed by atoms with E-state index in [0.29, 0.717) is 6.54 Å². The molecule has 0 fully saturated rings. The molecule has 1 unspecified atom stereocenters. The van der Waals surface area contributed by atoms with Crippen LogP contribution in [0.1, 0.15) is 41.5 Å². The summed E-state index contributed by atoms with van der Waals surface area (Å²) in [4.78, 5) is 25.5. The quantitative estimate of drug-likeness (QED) is 0.741. The summed E-state index contributed by atoms with van der Waals surface area (Å²) in [5.74, 6) is -0.206. The molecule has 1 atom stereocenters. The minimum absolute atomic E-state index is 0.206. The number of nitrogens with one attached hydrogen (secondary N) is 2. The van der Waals surface area contributed by atoms with Crippen LogP contribution in [0.5, 0.6) is 0 Å². The Morgan fingerprint density at radius 2 is 1.75 bits per heavy atom. The van der Waals surface area contributed by atoms with Crippen molar-refractivity contribution in [3.8, 4) is 0 Å². The highest BCUT2D eigenvalue weighted by molar-refractivity contribution is 5.85. The highest BCUT2D eigenvalue weighted by Crippen LogP contribution is 2.06. The minimum Gasteiger partial charge on any atom is -0.444 e. The maximum absolute atomic E-state index is 11.8. The van der Waals surface area contributed by atoms with Crippen molar-refractivity contribution in [1.82, 2.24) is 15.5 Å². The topological polar surface area (TPSA) is 70.7 Å². The Kier molecular flexibility index (Phi) is 8.22. The number of nitrogens with zero attached hydrogens (tertiary/aromatic N) is 1. The average Bonchev–Trinajstić information content (AvgIpc) is 2.31. The van der Waals surface area contributed by atoms with Gasteiger partial charge in [-0.05, 0) is 40.8 Å². The van der Waals surface area contributed by atoms with Gasteiger partial charge in [-0.25, -0.2) is 4.79 Å². The van der Waals surface area contributed by atoms with Gasteiger partial charge in [0.05, 0.1) is 0 Å². The lowest BCUT2D eigenvalue weighted by Gasteiger charge is -2.22. The minimum atomic E-state index is -0.610. The van der Waals surface area contributed by atoms with E-state index in [2.05, 4.69) is 29.4 Å². The summed E-state index contributed by atoms with van der Waals surface area (Å²) in [7, 11) is 0. The molecule has 0 aliphatic carbocycles. The molecule has 0 bridgehead atoms. The normalized spacial score (nSPS) is 12.9. The fourth-order valence-electron chi connectivity index (χ4n) is 1.58. The number of rotatable bonds is 7. The molecule has 0 saturated heterocycles. The molecule has 0 aromatic heterocycles. The average molecular weight is 287 g/mol. The maximum atomic E-state index is 11.8. The predicted octanol–water partition coefficient (Wildman–Crippen LogP) is 1.36. The van der Waals surface area contributed by atoms with E-state index in [0.717, 1.165) is 19.6 Å². The number of alkyl carbamates (subject to hydrolysis) is 1. The second kappa shape index (κ2) is 8.79. The monoisotopic (exact) mass is 287 g/mol. The lowest BCUT2D eigenvalue weighted by Crippen LogP contribution is -2.47. The molecule has 0 aliphatic heterocycles. The van der Waals surface area contributed by atoms with Crippen molar-refractivity contribution in [2.24, 2.45) is 0 Å². The number of ether oxygens (including phenoxy) is 1. The third-order valence-corrected chi connectivity index (χ3v) is 2.75. The number of carbonyl (C=O) groups excluding carboxylic acids is 2. The summed E-state index contributed by atoms with van der Waals surface area (Å²) in [6, 6.07) is -0.610. The SMILES string of the molecule is CCN(CC)CCNC(=O)C(C)NC(=O)OC(C)(C)C. The first-order chi connectivity index (χ1) is 9.19. The number of carbonyl (C=O) groups is 2. The van der Waals surface area contributed by atoms with Crippen molar-refractivity contribution >= 4 is 12.0 Å². The lowest BCUT2D eigenvalue weighted by atomic mass is 10.2. The summed E-state index contributed by atoms with van der Waals surface area (Å²) in [5, 5.41) is 5.31. The molecule has 6 heteroatoms. The fraction of sp³-hybridized carbons (Fsp3) is 0.857. The van der Waals surface area contributed by atoms with Crippen LogP contribution in [0.4, 0.5) is 4.79 Å². The molecule has 0 rings (SSSR count). The van der Waals surface area contributed by atoms with Crippen LogP contribution in [0, 0.1) is 0 Å². The van der Waals surface area contributed by atoms with Gasteiger partial charge >= 0.3 is 6.09 Å². The number of hydrogen-bond donors (Lipinski definition) is 2. The van der Waals surface area contributed by atoms with Crippen LogP contribution in [0.2, 0.25) is 0 Å². The molecule has 118 valence electrons. The molecule has 0 aliphatic rings. The van der Waals surface area contributed by atoms with E-state index in [-0.39, 0.29) is 5.91 Å². The second-order valence-electron chi connectivity index (χ2n) is 5.69. The van der Waals surface area contributed by atoms with E-state index in [9.17, 15) is 9.59 Å². The van der Waals surface area contributed by atoms with Crippen molar-refractivity contribution < 1.29 is 14.3 Å². The zero-order valence-electron chi connectivity index (χ0n) is 13.6. The van der Waals surface area contributed by atoms with E-state index in [1.165, 1.54) is 0 Å². The summed E-state index contributed by atoms with van der Waals surface area (Å²) in [5.41, 5.74) is -0.566. The first kappa shape index (κ1) is 18.7. The molecule has 0 spiro atoms. The molecule has 0 radical (unpaired) electrons. The van der Waals surface area contributed by atoms with Gasteiger partial charge in [0.25, 0.3) is 0 Å². The van der Waals surface area contributed by atoms with E-state index < -0.39 is 17.7 Å². The van der Waals surface area contributed by atoms with Crippen LogP contribution in [-0.4, -0.2) is 54.7 Å². The lowest BCUT2D eigenvalue weighted by molar-refractivity contribution is -0.122. The first-order valence-corrected chi connectivity index (χ1v) is 7.19. The zero-order valence-corrected chi connectivity index (χ0v) is 13.6. The molecule has 0 saturated carbocycles. The zero-order chi connectivity index (χ0) is 15.8. The largest absolute Gasteiger partial charge is 0.444 e. The molecule has 6 nitrogen and oxygen atoms in total. The maximum Gasteiger partial charge on any atom is 0.408 e. The van der Waals surface area contributed by atoms with Crippen LogP contribution in [-0.2, 0) is 9.53 Å². The van der Waals surface area contributed by atoms with Gasteiger partial charge in [0.1, 0.15) is 11.6 Å². The van der Waals surface area contributed by atoms with Crippen LogP contribution in [0.15, 0.2) is 0 Å². The van der Waals surface area contributed by atoms with Crippen LogP contribution < -0.4 is 10.6 Å². The van der Waals surface area contributed by atoms with Gasteiger partial charge < -0.3 is 20.3 Å². The Balaban J connectivity index is 4.01. The van der Waals surface area contributed by atoms with Gasteiger partial charge in [0, 0.05) is 13.1 Å². The number of amides is 2. The third-order valence-electron chi connectivity index (χ3n) is 2.75. The van der Waals surface area contributed by atoms with Crippen LogP contribution in [0.25, 0.3) is 0 Å². The molecule has 0 aromatic rings. The van der Waals surface area contributed by atoms with E-state index >= 15 is 0 Å². The van der Waals surface area contributed by atoms with Gasteiger partial charge in [-0.1, -0.05) is 13.8 Å². The van der Waals surface area contributed by atoms with Crippen molar-refractivity contribution in [3.63, 3.8) is 0 Å². The summed E-state index contributed by atoms with van der Waals surface area (Å²) >= 11 is 0. The summed E-state index contributed by atoms with van der Waals surface area (Å²) < 4.78 is 5.10. The van der Waals surface area contributed by atoms with E-state index in [4.69, 9.17) is 4.74 Å². The van der Waals surface area contributed by atoms with Gasteiger partial charge in [0.15, 0.2) is 0 Å². The fourth-order valence-corrected chi connectivity index (χ4v) is 1.58. The molecule has 2 N–H and O–H groups in total. The van der Waals surface area contributed by atoms with Crippen molar-refractivity contribution in [2.45, 2.75) is 53.2 Å². The van der Waals surface area contributed by atoms with Crippen LogP contribution in [0.3, 0.4) is 0 Å². The Hall–Kier alpha value is -1.30. The molecular weight excluding hydrogens is 258 g/mol. The third kappa shape index (κ3) is 8.74. The molecule has 20 heavy (non-hydrogen) atoms. The van der Waals surface area contributed by atoms with E-state index in [1.54, 1.807) is 27.7 Å². The van der Waals surface area contributed by atoms with Gasteiger partial charge in [-0.3, -0.25) is 4.79 Å². The summed E-state index contributed by atoms with van der Waals surface area (Å²) in [6.07, 6.45) is -0.580. The first-order valence-electron chi connectivity index (χ1n) is 7.19. The molecule has 0 heterocycles. The molecule has 2 amide bonds. The van der Waals surface area contributed by atoms with Gasteiger partial charge in [0.2, 0.25) is 5.91 Å². The number of likely N-dealkylation sites (N-methyl/N-ethyl adjacent to an activating group) is 1. The van der Waals surface area contributed by atoms with Crippen LogP contribution >= 0.6 is 0 Å². The van der Waals surface area contributed by atoms with Gasteiger partial charge in [-0.15, -0.1) is 0 Å². The highest BCUT2D eigenvalue weighted by atomic mass is 16.6. The Morgan fingerprint density at radius 1 is 1.20 bits per heavy atom.